The Morgan fingerprint density at radius 2 is 1.77 bits per heavy atom. The van der Waals surface area contributed by atoms with Gasteiger partial charge in [0.2, 0.25) is 5.91 Å². The molecule has 0 radical (unpaired) electrons. The van der Waals surface area contributed by atoms with Gasteiger partial charge in [0, 0.05) is 0 Å². The normalized spacial score (nSPS) is 24.9. The van der Waals surface area contributed by atoms with Crippen molar-refractivity contribution >= 4 is 17.8 Å². The molecule has 1 saturated heterocycles. The molecule has 2 aromatic rings. The van der Waals surface area contributed by atoms with Crippen LogP contribution in [0, 0.1) is 0 Å². The molecule has 154 valence electrons. The summed E-state index contributed by atoms with van der Waals surface area (Å²) in [5.41, 5.74) is 3.29. The van der Waals surface area contributed by atoms with E-state index in [4.69, 9.17) is 0 Å². The number of amides is 4. The summed E-state index contributed by atoms with van der Waals surface area (Å²) in [7, 11) is 0. The SMILES string of the molecule is O=C(CN1C(=O)N[C@]2(CCCc3ccccc32)C1=O)N[C@H]1CCCc2ccccc21. The van der Waals surface area contributed by atoms with Crippen molar-refractivity contribution in [3.8, 4) is 0 Å². The molecule has 2 N–H and O–H groups in total. The lowest BCUT2D eigenvalue weighted by molar-refractivity contribution is -0.135. The lowest BCUT2D eigenvalue weighted by Crippen LogP contribution is -2.47. The van der Waals surface area contributed by atoms with E-state index in [0.29, 0.717) is 6.42 Å². The van der Waals surface area contributed by atoms with E-state index >= 15 is 0 Å². The summed E-state index contributed by atoms with van der Waals surface area (Å²) in [6.45, 7) is -0.257. The van der Waals surface area contributed by atoms with Crippen molar-refractivity contribution in [2.24, 2.45) is 0 Å². The molecule has 0 bridgehead atoms. The zero-order chi connectivity index (χ0) is 20.7. The van der Waals surface area contributed by atoms with Gasteiger partial charge in [0.25, 0.3) is 5.91 Å². The van der Waals surface area contributed by atoms with E-state index in [1.54, 1.807) is 0 Å². The molecule has 0 saturated carbocycles. The molecule has 3 aliphatic rings. The number of carbonyl (C=O) groups excluding carboxylic acids is 3. The van der Waals surface area contributed by atoms with Gasteiger partial charge in [-0.2, -0.15) is 0 Å². The molecule has 1 aliphatic heterocycles. The van der Waals surface area contributed by atoms with Crippen LogP contribution < -0.4 is 10.6 Å². The van der Waals surface area contributed by atoms with Crippen LogP contribution in [-0.2, 0) is 28.0 Å². The van der Waals surface area contributed by atoms with Crippen LogP contribution in [-0.4, -0.2) is 29.3 Å². The number of nitrogens with zero attached hydrogens (tertiary/aromatic N) is 1. The topological polar surface area (TPSA) is 78.5 Å². The number of carbonyl (C=O) groups is 3. The fraction of sp³-hybridized carbons (Fsp3) is 0.375. The van der Waals surface area contributed by atoms with Crippen LogP contribution >= 0.6 is 0 Å². The molecule has 30 heavy (non-hydrogen) atoms. The number of imide groups is 1. The van der Waals surface area contributed by atoms with Gasteiger partial charge in [-0.25, -0.2) is 4.79 Å². The molecule has 5 rings (SSSR count). The second-order valence-electron chi connectivity index (χ2n) is 8.45. The number of urea groups is 1. The fourth-order valence-corrected chi connectivity index (χ4v) is 5.24. The summed E-state index contributed by atoms with van der Waals surface area (Å²) in [5.74, 6) is -0.625. The van der Waals surface area contributed by atoms with E-state index in [-0.39, 0.29) is 24.4 Å². The van der Waals surface area contributed by atoms with Gasteiger partial charge < -0.3 is 10.6 Å². The van der Waals surface area contributed by atoms with Gasteiger partial charge in [-0.05, 0) is 60.8 Å². The summed E-state index contributed by atoms with van der Waals surface area (Å²) < 4.78 is 0. The van der Waals surface area contributed by atoms with Crippen LogP contribution in [0.1, 0.15) is 54.0 Å². The quantitative estimate of drug-likeness (QED) is 0.774. The average molecular weight is 403 g/mol. The predicted molar refractivity (Wildman–Crippen MR) is 112 cm³/mol. The number of rotatable bonds is 3. The zero-order valence-corrected chi connectivity index (χ0v) is 16.8. The van der Waals surface area contributed by atoms with Gasteiger partial charge in [0.05, 0.1) is 6.04 Å². The first kappa shape index (κ1) is 18.9. The standard InChI is InChI=1S/C24H25N3O3/c28-21(25-20-13-5-9-16-7-1-3-11-18(16)20)15-27-22(29)24(26-23(27)30)14-6-10-17-8-2-4-12-19(17)24/h1-4,7-8,11-12,20H,5-6,9-10,13-15H2,(H,25,28)(H,26,30)/t20-,24-/m0/s1. The van der Waals surface area contributed by atoms with Gasteiger partial charge in [-0.1, -0.05) is 48.5 Å². The van der Waals surface area contributed by atoms with Crippen molar-refractivity contribution in [1.82, 2.24) is 15.5 Å². The molecule has 4 amide bonds. The van der Waals surface area contributed by atoms with Crippen molar-refractivity contribution in [3.05, 3.63) is 70.8 Å². The Bertz CT molecular complexity index is 1030. The van der Waals surface area contributed by atoms with E-state index in [1.807, 2.05) is 42.5 Å². The van der Waals surface area contributed by atoms with Crippen LogP contribution in [0.2, 0.25) is 0 Å². The molecule has 2 atom stereocenters. The maximum atomic E-state index is 13.3. The zero-order valence-electron chi connectivity index (χ0n) is 16.8. The molecular weight excluding hydrogens is 378 g/mol. The van der Waals surface area contributed by atoms with Crippen LogP contribution in [0.4, 0.5) is 4.79 Å². The highest BCUT2D eigenvalue weighted by Gasteiger charge is 2.54. The molecule has 2 aliphatic carbocycles. The van der Waals surface area contributed by atoms with Crippen LogP contribution in [0.25, 0.3) is 0 Å². The first-order chi connectivity index (χ1) is 14.6. The molecule has 1 spiro atoms. The van der Waals surface area contributed by atoms with Crippen molar-refractivity contribution in [2.45, 2.75) is 50.1 Å². The van der Waals surface area contributed by atoms with E-state index in [9.17, 15) is 14.4 Å². The number of hydrogen-bond donors (Lipinski definition) is 2. The maximum absolute atomic E-state index is 13.3. The molecule has 1 heterocycles. The minimum atomic E-state index is -1.04. The Kier molecular flexibility index (Phi) is 4.57. The first-order valence-corrected chi connectivity index (χ1v) is 10.7. The lowest BCUT2D eigenvalue weighted by Gasteiger charge is -2.33. The summed E-state index contributed by atoms with van der Waals surface area (Å²) in [5, 5.41) is 5.95. The number of aryl methyl sites for hydroxylation is 2. The Hall–Kier alpha value is -3.15. The summed E-state index contributed by atoms with van der Waals surface area (Å²) >= 11 is 0. The highest BCUT2D eigenvalue weighted by Crippen LogP contribution is 2.39. The fourth-order valence-electron chi connectivity index (χ4n) is 5.24. The highest BCUT2D eigenvalue weighted by atomic mass is 16.2. The van der Waals surface area contributed by atoms with Crippen LogP contribution in [0.5, 0.6) is 0 Å². The van der Waals surface area contributed by atoms with E-state index < -0.39 is 11.6 Å². The minimum Gasteiger partial charge on any atom is -0.348 e. The van der Waals surface area contributed by atoms with Crippen LogP contribution in [0.15, 0.2) is 48.5 Å². The number of benzene rings is 2. The van der Waals surface area contributed by atoms with E-state index in [1.165, 1.54) is 5.56 Å². The van der Waals surface area contributed by atoms with Gasteiger partial charge in [0.1, 0.15) is 12.1 Å². The van der Waals surface area contributed by atoms with E-state index in [0.717, 1.165) is 53.7 Å². The van der Waals surface area contributed by atoms with Crippen molar-refractivity contribution in [1.29, 1.82) is 0 Å². The maximum Gasteiger partial charge on any atom is 0.325 e. The predicted octanol–water partition coefficient (Wildman–Crippen LogP) is 2.96. The van der Waals surface area contributed by atoms with Gasteiger partial charge >= 0.3 is 6.03 Å². The summed E-state index contributed by atoms with van der Waals surface area (Å²) in [6.07, 6.45) is 5.15. The Labute approximate surface area is 175 Å². The van der Waals surface area contributed by atoms with Gasteiger partial charge in [-0.15, -0.1) is 0 Å². The molecule has 0 aromatic heterocycles. The second-order valence-corrected chi connectivity index (χ2v) is 8.45. The second kappa shape index (κ2) is 7.27. The summed E-state index contributed by atoms with van der Waals surface area (Å²) in [4.78, 5) is 39.9. The van der Waals surface area contributed by atoms with Crippen molar-refractivity contribution < 1.29 is 14.4 Å². The monoisotopic (exact) mass is 403 g/mol. The van der Waals surface area contributed by atoms with Crippen molar-refractivity contribution in [3.63, 3.8) is 0 Å². The van der Waals surface area contributed by atoms with E-state index in [2.05, 4.69) is 16.7 Å². The number of nitrogens with one attached hydrogen (secondary N) is 2. The molecule has 1 fully saturated rings. The molecule has 2 aromatic carbocycles. The largest absolute Gasteiger partial charge is 0.348 e. The smallest absolute Gasteiger partial charge is 0.325 e. The van der Waals surface area contributed by atoms with Gasteiger partial charge in [0.15, 0.2) is 0 Å². The molecule has 0 unspecified atom stereocenters. The van der Waals surface area contributed by atoms with Gasteiger partial charge in [-0.3, -0.25) is 14.5 Å². The third-order valence-electron chi connectivity index (χ3n) is 6.66. The molecule has 6 heteroatoms. The first-order valence-electron chi connectivity index (χ1n) is 10.7. The highest BCUT2D eigenvalue weighted by molar-refractivity contribution is 6.09. The molecule has 6 nitrogen and oxygen atoms in total. The number of fused-ring (bicyclic) bond motifs is 3. The Balaban J connectivity index is 1.34. The minimum absolute atomic E-state index is 0.0763. The third kappa shape index (κ3) is 2.98. The molecular formula is C24H25N3O3. The summed E-state index contributed by atoms with van der Waals surface area (Å²) in [6, 6.07) is 15.3. The Morgan fingerprint density at radius 1 is 1.03 bits per heavy atom. The van der Waals surface area contributed by atoms with Crippen molar-refractivity contribution in [2.75, 3.05) is 6.54 Å². The number of hydrogen-bond acceptors (Lipinski definition) is 3. The third-order valence-corrected chi connectivity index (χ3v) is 6.66. The lowest BCUT2D eigenvalue weighted by atomic mass is 9.76. The average Bonchev–Trinajstić information content (AvgIpc) is 2.99. The Morgan fingerprint density at radius 3 is 2.63 bits per heavy atom. The van der Waals surface area contributed by atoms with Crippen LogP contribution in [0.3, 0.4) is 0 Å².